The highest BCUT2D eigenvalue weighted by atomic mass is 35.5. The molecule has 0 spiro atoms. The third-order valence-corrected chi connectivity index (χ3v) is 4.21. The Morgan fingerprint density at radius 3 is 2.76 bits per heavy atom. The number of hydrogen-bond donors (Lipinski definition) is 2. The molecule has 1 aromatic rings. The fourth-order valence-electron chi connectivity index (χ4n) is 2.72. The van der Waals surface area contributed by atoms with Crippen molar-refractivity contribution >= 4 is 17.6 Å². The summed E-state index contributed by atoms with van der Waals surface area (Å²) in [4.78, 5) is 10.9. The Morgan fingerprint density at radius 2 is 2.10 bits per heavy atom. The van der Waals surface area contributed by atoms with Gasteiger partial charge >= 0.3 is 5.97 Å². The number of benzene rings is 1. The number of hydrogen-bond acceptors (Lipinski definition) is 3. The average Bonchev–Trinajstić information content (AvgIpc) is 2.47. The van der Waals surface area contributed by atoms with E-state index in [-0.39, 0.29) is 5.92 Å². The van der Waals surface area contributed by atoms with Crippen LogP contribution in [0.4, 0.5) is 0 Å². The molecule has 0 saturated heterocycles. The maximum atomic E-state index is 10.9. The molecule has 1 aliphatic carbocycles. The summed E-state index contributed by atoms with van der Waals surface area (Å²) in [5, 5.41) is 13.0. The normalized spacial score (nSPS) is 22.0. The Labute approximate surface area is 130 Å². The van der Waals surface area contributed by atoms with Crippen LogP contribution in [0.1, 0.15) is 25.7 Å². The van der Waals surface area contributed by atoms with E-state index in [1.165, 1.54) is 0 Å². The monoisotopic (exact) mass is 311 g/mol. The van der Waals surface area contributed by atoms with Crippen LogP contribution in [0.2, 0.25) is 5.02 Å². The van der Waals surface area contributed by atoms with Gasteiger partial charge in [-0.3, -0.25) is 4.79 Å². The number of carboxylic acid groups (broad SMARTS) is 1. The van der Waals surface area contributed by atoms with Crippen LogP contribution in [-0.2, 0) is 4.79 Å². The average molecular weight is 312 g/mol. The van der Waals surface area contributed by atoms with Gasteiger partial charge in [-0.1, -0.05) is 17.7 Å². The van der Waals surface area contributed by atoms with E-state index in [1.807, 2.05) is 18.2 Å². The maximum absolute atomic E-state index is 10.9. The van der Waals surface area contributed by atoms with Gasteiger partial charge < -0.3 is 15.2 Å². The molecule has 1 aromatic carbocycles. The van der Waals surface area contributed by atoms with Crippen LogP contribution in [0.3, 0.4) is 0 Å². The van der Waals surface area contributed by atoms with E-state index < -0.39 is 5.97 Å². The third kappa shape index (κ3) is 5.56. The summed E-state index contributed by atoms with van der Waals surface area (Å²) in [6.45, 7) is 2.32. The topological polar surface area (TPSA) is 58.6 Å². The molecule has 4 nitrogen and oxygen atoms in total. The second kappa shape index (κ2) is 8.25. The van der Waals surface area contributed by atoms with Crippen molar-refractivity contribution in [2.45, 2.75) is 25.7 Å². The van der Waals surface area contributed by atoms with Gasteiger partial charge in [-0.15, -0.1) is 0 Å². The molecule has 2 N–H and O–H groups in total. The van der Waals surface area contributed by atoms with E-state index >= 15 is 0 Å². The molecular weight excluding hydrogens is 290 g/mol. The first-order valence-electron chi connectivity index (χ1n) is 7.47. The van der Waals surface area contributed by atoms with Crippen molar-refractivity contribution < 1.29 is 14.6 Å². The van der Waals surface area contributed by atoms with Crippen molar-refractivity contribution in [2.75, 3.05) is 19.7 Å². The molecule has 5 heteroatoms. The van der Waals surface area contributed by atoms with Crippen LogP contribution in [0.5, 0.6) is 5.75 Å². The first-order valence-corrected chi connectivity index (χ1v) is 7.85. The molecule has 1 saturated carbocycles. The molecule has 0 atom stereocenters. The van der Waals surface area contributed by atoms with Gasteiger partial charge in [0.1, 0.15) is 12.4 Å². The van der Waals surface area contributed by atoms with E-state index in [0.717, 1.165) is 44.5 Å². The highest BCUT2D eigenvalue weighted by Gasteiger charge is 2.25. The predicted molar refractivity (Wildman–Crippen MR) is 82.9 cm³/mol. The summed E-state index contributed by atoms with van der Waals surface area (Å²) in [5.41, 5.74) is 0. The van der Waals surface area contributed by atoms with Crippen molar-refractivity contribution in [3.63, 3.8) is 0 Å². The molecular formula is C16H22ClNO3. The molecule has 2 rings (SSSR count). The lowest BCUT2D eigenvalue weighted by Gasteiger charge is -2.26. The molecule has 0 amide bonds. The SMILES string of the molecule is O=C(O)C1CCC(CNCCOc2cccc(Cl)c2)CC1. The van der Waals surface area contributed by atoms with Gasteiger partial charge in [0, 0.05) is 11.6 Å². The summed E-state index contributed by atoms with van der Waals surface area (Å²) >= 11 is 5.88. The molecule has 0 unspecified atom stereocenters. The lowest BCUT2D eigenvalue weighted by atomic mass is 9.82. The third-order valence-electron chi connectivity index (χ3n) is 3.97. The Bertz CT molecular complexity index is 459. The summed E-state index contributed by atoms with van der Waals surface area (Å²) < 4.78 is 5.60. The van der Waals surface area contributed by atoms with Crippen LogP contribution in [-0.4, -0.2) is 30.8 Å². The molecule has 1 aliphatic rings. The number of nitrogens with one attached hydrogen (secondary N) is 1. The second-order valence-corrected chi connectivity index (χ2v) is 6.00. The van der Waals surface area contributed by atoms with Gasteiger partial charge in [0.05, 0.1) is 5.92 Å². The van der Waals surface area contributed by atoms with Gasteiger partial charge in [0.15, 0.2) is 0 Å². The minimum absolute atomic E-state index is 0.132. The van der Waals surface area contributed by atoms with E-state index in [4.69, 9.17) is 21.4 Å². The van der Waals surface area contributed by atoms with Crippen LogP contribution < -0.4 is 10.1 Å². The molecule has 0 aromatic heterocycles. The highest BCUT2D eigenvalue weighted by Crippen LogP contribution is 2.28. The molecule has 0 bridgehead atoms. The Balaban J connectivity index is 1.55. The van der Waals surface area contributed by atoms with Gasteiger partial charge in [0.25, 0.3) is 0 Å². The van der Waals surface area contributed by atoms with Crippen LogP contribution >= 0.6 is 11.6 Å². The quantitative estimate of drug-likeness (QED) is 0.759. The van der Waals surface area contributed by atoms with Crippen LogP contribution in [0, 0.1) is 11.8 Å². The zero-order valence-corrected chi connectivity index (χ0v) is 12.8. The first kappa shape index (κ1) is 16.1. The first-order chi connectivity index (χ1) is 10.1. The number of carbonyl (C=O) groups is 1. The van der Waals surface area contributed by atoms with Crippen molar-refractivity contribution in [1.82, 2.24) is 5.32 Å². The highest BCUT2D eigenvalue weighted by molar-refractivity contribution is 6.30. The summed E-state index contributed by atoms with van der Waals surface area (Å²) in [6.07, 6.45) is 3.61. The number of aliphatic carboxylic acids is 1. The number of rotatable bonds is 7. The van der Waals surface area contributed by atoms with E-state index in [1.54, 1.807) is 6.07 Å². The second-order valence-electron chi connectivity index (χ2n) is 5.57. The maximum Gasteiger partial charge on any atom is 0.306 e. The molecule has 21 heavy (non-hydrogen) atoms. The Morgan fingerprint density at radius 1 is 1.33 bits per heavy atom. The number of halogens is 1. The minimum Gasteiger partial charge on any atom is -0.492 e. The predicted octanol–water partition coefficient (Wildman–Crippen LogP) is 3.20. The number of ether oxygens (including phenoxy) is 1. The van der Waals surface area contributed by atoms with Crippen molar-refractivity contribution in [3.05, 3.63) is 29.3 Å². The molecule has 0 aliphatic heterocycles. The zero-order valence-electron chi connectivity index (χ0n) is 12.1. The van der Waals surface area contributed by atoms with Crippen molar-refractivity contribution in [3.8, 4) is 5.75 Å². The summed E-state index contributed by atoms with van der Waals surface area (Å²) in [7, 11) is 0. The van der Waals surface area contributed by atoms with Crippen molar-refractivity contribution in [2.24, 2.45) is 11.8 Å². The summed E-state index contributed by atoms with van der Waals surface area (Å²) in [6, 6.07) is 7.37. The molecule has 1 fully saturated rings. The van der Waals surface area contributed by atoms with E-state index in [2.05, 4.69) is 5.32 Å². The standard InChI is InChI=1S/C16H22ClNO3/c17-14-2-1-3-15(10-14)21-9-8-18-11-12-4-6-13(7-5-12)16(19)20/h1-3,10,12-13,18H,4-9,11H2,(H,19,20). The van der Waals surface area contributed by atoms with E-state index in [0.29, 0.717) is 17.5 Å². The van der Waals surface area contributed by atoms with Gasteiger partial charge in [0.2, 0.25) is 0 Å². The smallest absolute Gasteiger partial charge is 0.306 e. The van der Waals surface area contributed by atoms with Gasteiger partial charge in [-0.25, -0.2) is 0 Å². The van der Waals surface area contributed by atoms with E-state index in [9.17, 15) is 4.79 Å². The Kier molecular flexibility index (Phi) is 6.33. The van der Waals surface area contributed by atoms with Gasteiger partial charge in [-0.2, -0.15) is 0 Å². The Hall–Kier alpha value is -1.26. The van der Waals surface area contributed by atoms with Gasteiger partial charge in [-0.05, 0) is 56.3 Å². The fraction of sp³-hybridized carbons (Fsp3) is 0.562. The van der Waals surface area contributed by atoms with Crippen LogP contribution in [0.25, 0.3) is 0 Å². The zero-order chi connectivity index (χ0) is 15.1. The lowest BCUT2D eigenvalue weighted by Crippen LogP contribution is -2.30. The largest absolute Gasteiger partial charge is 0.492 e. The molecule has 116 valence electrons. The lowest BCUT2D eigenvalue weighted by molar-refractivity contribution is -0.143. The van der Waals surface area contributed by atoms with Crippen molar-refractivity contribution in [1.29, 1.82) is 0 Å². The minimum atomic E-state index is -0.642. The summed E-state index contributed by atoms with van der Waals surface area (Å²) in [5.74, 6) is 0.599. The van der Waals surface area contributed by atoms with Crippen LogP contribution in [0.15, 0.2) is 24.3 Å². The fourth-order valence-corrected chi connectivity index (χ4v) is 2.90. The molecule has 0 radical (unpaired) electrons. The molecule has 0 heterocycles. The number of carboxylic acids is 1.